The van der Waals surface area contributed by atoms with E-state index in [1.807, 2.05) is 0 Å². The summed E-state index contributed by atoms with van der Waals surface area (Å²) in [6, 6.07) is 2.57. The van der Waals surface area contributed by atoms with Crippen LogP contribution in [0.4, 0.5) is 0 Å². The van der Waals surface area contributed by atoms with Gasteiger partial charge in [0.15, 0.2) is 0 Å². The highest BCUT2D eigenvalue weighted by Gasteiger charge is 2.47. The molecule has 1 aliphatic heterocycles. The van der Waals surface area contributed by atoms with E-state index in [-0.39, 0.29) is 0 Å². The molecule has 1 saturated carbocycles. The van der Waals surface area contributed by atoms with Gasteiger partial charge in [0.1, 0.15) is 0 Å². The smallest absolute Gasteiger partial charge is 0.0153 e. The van der Waals surface area contributed by atoms with Crippen molar-refractivity contribution in [2.24, 2.45) is 11.8 Å². The van der Waals surface area contributed by atoms with Crippen LogP contribution in [0.1, 0.15) is 47.0 Å². The Morgan fingerprint density at radius 3 is 2.23 bits per heavy atom. The minimum Gasteiger partial charge on any atom is -0.295 e. The van der Waals surface area contributed by atoms with Crippen LogP contribution in [0, 0.1) is 11.8 Å². The molecule has 0 spiro atoms. The van der Waals surface area contributed by atoms with Crippen LogP contribution in [0.25, 0.3) is 0 Å². The number of hydrogen-bond donors (Lipinski definition) is 0. The third-order valence-electron chi connectivity index (χ3n) is 3.97. The monoisotopic (exact) mass is 181 g/mol. The van der Waals surface area contributed by atoms with E-state index in [2.05, 4.69) is 32.6 Å². The van der Waals surface area contributed by atoms with E-state index < -0.39 is 0 Å². The summed E-state index contributed by atoms with van der Waals surface area (Å²) in [6.45, 7) is 9.49. The van der Waals surface area contributed by atoms with E-state index in [0.717, 1.165) is 30.0 Å². The Labute approximate surface area is 82.5 Å². The van der Waals surface area contributed by atoms with E-state index in [1.54, 1.807) is 0 Å². The Hall–Kier alpha value is -0.0400. The van der Waals surface area contributed by atoms with E-state index in [1.165, 1.54) is 19.3 Å². The van der Waals surface area contributed by atoms with Gasteiger partial charge in [0.2, 0.25) is 0 Å². The molecule has 0 radical (unpaired) electrons. The largest absolute Gasteiger partial charge is 0.295 e. The molecule has 1 heterocycles. The quantitative estimate of drug-likeness (QED) is 0.633. The average Bonchev–Trinajstić information content (AvgIpc) is 2.60. The molecule has 0 amide bonds. The second kappa shape index (κ2) is 3.27. The summed E-state index contributed by atoms with van der Waals surface area (Å²) < 4.78 is 0. The van der Waals surface area contributed by atoms with Crippen molar-refractivity contribution < 1.29 is 0 Å². The summed E-state index contributed by atoms with van der Waals surface area (Å²) in [6.07, 6.45) is 4.45. The van der Waals surface area contributed by atoms with Crippen molar-refractivity contribution in [2.45, 2.75) is 65.1 Å². The number of rotatable bonds is 2. The summed E-state index contributed by atoms with van der Waals surface area (Å²) in [7, 11) is 0. The minimum absolute atomic E-state index is 0.752. The molecule has 76 valence electrons. The summed E-state index contributed by atoms with van der Waals surface area (Å²) in [4.78, 5) is 2.79. The molecule has 1 aliphatic carbocycles. The van der Waals surface area contributed by atoms with Gasteiger partial charge in [-0.2, -0.15) is 0 Å². The summed E-state index contributed by atoms with van der Waals surface area (Å²) in [5.41, 5.74) is 0. The van der Waals surface area contributed by atoms with Crippen molar-refractivity contribution >= 4 is 0 Å². The van der Waals surface area contributed by atoms with Crippen LogP contribution in [-0.2, 0) is 0 Å². The van der Waals surface area contributed by atoms with Crippen LogP contribution in [0.3, 0.4) is 0 Å². The Morgan fingerprint density at radius 2 is 1.77 bits per heavy atom. The van der Waals surface area contributed by atoms with E-state index in [4.69, 9.17) is 0 Å². The zero-order valence-corrected chi connectivity index (χ0v) is 9.46. The zero-order chi connectivity index (χ0) is 9.59. The Balaban J connectivity index is 2.15. The van der Waals surface area contributed by atoms with Crippen molar-refractivity contribution in [1.82, 2.24) is 4.90 Å². The Morgan fingerprint density at radius 1 is 1.08 bits per heavy atom. The summed E-state index contributed by atoms with van der Waals surface area (Å²) in [5.74, 6) is 1.87. The van der Waals surface area contributed by atoms with Gasteiger partial charge in [-0.3, -0.25) is 4.90 Å². The molecular weight excluding hydrogens is 158 g/mol. The van der Waals surface area contributed by atoms with Gasteiger partial charge in [0.25, 0.3) is 0 Å². The van der Waals surface area contributed by atoms with Crippen LogP contribution >= 0.6 is 0 Å². The van der Waals surface area contributed by atoms with Gasteiger partial charge in [0.05, 0.1) is 0 Å². The van der Waals surface area contributed by atoms with Crippen molar-refractivity contribution in [3.8, 4) is 0 Å². The molecule has 2 bridgehead atoms. The summed E-state index contributed by atoms with van der Waals surface area (Å²) >= 11 is 0. The fourth-order valence-corrected chi connectivity index (χ4v) is 3.71. The lowest BCUT2D eigenvalue weighted by Gasteiger charge is -2.40. The van der Waals surface area contributed by atoms with Gasteiger partial charge < -0.3 is 0 Å². The van der Waals surface area contributed by atoms with Gasteiger partial charge in [-0.05, 0) is 44.9 Å². The molecule has 1 saturated heterocycles. The molecule has 2 fully saturated rings. The van der Waals surface area contributed by atoms with Gasteiger partial charge >= 0.3 is 0 Å². The third-order valence-corrected chi connectivity index (χ3v) is 3.97. The second-order valence-electron chi connectivity index (χ2n) is 5.50. The van der Waals surface area contributed by atoms with Crippen molar-refractivity contribution in [1.29, 1.82) is 0 Å². The predicted molar refractivity (Wildman–Crippen MR) is 56.7 cm³/mol. The van der Waals surface area contributed by atoms with Crippen LogP contribution < -0.4 is 0 Å². The predicted octanol–water partition coefficient (Wildman–Crippen LogP) is 2.90. The van der Waals surface area contributed by atoms with Crippen LogP contribution in [-0.4, -0.2) is 23.0 Å². The van der Waals surface area contributed by atoms with Gasteiger partial charge in [0, 0.05) is 18.1 Å². The molecule has 3 atom stereocenters. The Kier molecular flexibility index (Phi) is 2.39. The van der Waals surface area contributed by atoms with Crippen molar-refractivity contribution in [3.05, 3.63) is 0 Å². The average molecular weight is 181 g/mol. The molecule has 1 nitrogen and oxygen atoms in total. The normalized spacial score (nSPS) is 39.7. The lowest BCUT2D eigenvalue weighted by molar-refractivity contribution is 0.0732. The van der Waals surface area contributed by atoms with Crippen LogP contribution in [0.5, 0.6) is 0 Å². The fourth-order valence-electron chi connectivity index (χ4n) is 3.71. The number of likely N-dealkylation sites (tertiary alicyclic amines) is 1. The molecular formula is C12H23N. The van der Waals surface area contributed by atoms with E-state index >= 15 is 0 Å². The highest BCUT2D eigenvalue weighted by atomic mass is 15.3. The third kappa shape index (κ3) is 1.41. The van der Waals surface area contributed by atoms with Crippen molar-refractivity contribution in [3.63, 3.8) is 0 Å². The molecule has 0 aromatic rings. The molecule has 2 aliphatic rings. The van der Waals surface area contributed by atoms with Crippen molar-refractivity contribution in [2.75, 3.05) is 0 Å². The number of nitrogens with zero attached hydrogens (tertiary/aromatic N) is 1. The highest BCUT2D eigenvalue weighted by molar-refractivity contribution is 5.01. The van der Waals surface area contributed by atoms with Gasteiger partial charge in [-0.25, -0.2) is 0 Å². The molecule has 1 heteroatoms. The van der Waals surface area contributed by atoms with Crippen LogP contribution in [0.15, 0.2) is 0 Å². The zero-order valence-electron chi connectivity index (χ0n) is 9.46. The first-order valence-electron chi connectivity index (χ1n) is 5.88. The highest BCUT2D eigenvalue weighted by Crippen LogP contribution is 2.45. The molecule has 0 aromatic heterocycles. The Bertz CT molecular complexity index is 166. The molecule has 2 rings (SSSR count). The first-order valence-corrected chi connectivity index (χ1v) is 5.88. The van der Waals surface area contributed by atoms with Gasteiger partial charge in [-0.15, -0.1) is 0 Å². The van der Waals surface area contributed by atoms with E-state index in [9.17, 15) is 0 Å². The maximum Gasteiger partial charge on any atom is 0.0153 e. The second-order valence-corrected chi connectivity index (χ2v) is 5.50. The molecule has 0 N–H and O–H groups in total. The number of hydrogen-bond acceptors (Lipinski definition) is 1. The van der Waals surface area contributed by atoms with Gasteiger partial charge in [-0.1, -0.05) is 13.8 Å². The fraction of sp³-hybridized carbons (Fsp3) is 1.00. The summed E-state index contributed by atoms with van der Waals surface area (Å²) in [5, 5.41) is 0. The maximum atomic E-state index is 2.79. The lowest BCUT2D eigenvalue weighted by atomic mass is 9.89. The number of piperidine rings is 1. The first kappa shape index (κ1) is 9.51. The lowest BCUT2D eigenvalue weighted by Crippen LogP contribution is -2.47. The topological polar surface area (TPSA) is 3.24 Å². The van der Waals surface area contributed by atoms with E-state index in [0.29, 0.717) is 0 Å². The maximum absolute atomic E-state index is 2.79. The molecule has 0 aromatic carbocycles. The SMILES string of the molecule is CC(C)[C@@H]1[C@H]2CC[C@H](C2)N1C(C)C. The molecule has 13 heavy (non-hydrogen) atoms. The van der Waals surface area contributed by atoms with Crippen LogP contribution in [0.2, 0.25) is 0 Å². The standard InChI is InChI=1S/C12H23N/c1-8(2)12-10-5-6-11(7-10)13(12)9(3)4/h8-12H,5-7H2,1-4H3/t10-,11+,12+/m0/s1. The number of fused-ring (bicyclic) bond motifs is 2. The first-order chi connectivity index (χ1) is 6.11. The minimum atomic E-state index is 0.752. The molecule has 0 unspecified atom stereocenters.